The lowest BCUT2D eigenvalue weighted by molar-refractivity contribution is -0.157. The van der Waals surface area contributed by atoms with Crippen molar-refractivity contribution in [2.24, 2.45) is 11.3 Å². The lowest BCUT2D eigenvalue weighted by Gasteiger charge is -2.40. The Morgan fingerprint density at radius 1 is 1.33 bits per heavy atom. The number of likely N-dealkylation sites (tertiary alicyclic amines) is 1. The van der Waals surface area contributed by atoms with Gasteiger partial charge in [-0.2, -0.15) is 0 Å². The monoisotopic (exact) mass is 255 g/mol. The van der Waals surface area contributed by atoms with E-state index in [1.165, 1.54) is 0 Å². The van der Waals surface area contributed by atoms with Crippen molar-refractivity contribution >= 4 is 11.9 Å². The number of carboxylic acid groups (broad SMARTS) is 1. The third kappa shape index (κ3) is 3.03. The molecule has 4 heteroatoms. The molecule has 0 aromatic rings. The summed E-state index contributed by atoms with van der Waals surface area (Å²) in [4.78, 5) is 25.4. The Morgan fingerprint density at radius 2 is 1.94 bits per heavy atom. The van der Waals surface area contributed by atoms with Crippen LogP contribution in [0, 0.1) is 11.3 Å². The van der Waals surface area contributed by atoms with Crippen molar-refractivity contribution in [3.63, 3.8) is 0 Å². The van der Waals surface area contributed by atoms with E-state index in [0.717, 1.165) is 19.3 Å². The molecule has 0 spiro atoms. The second-order valence-electron chi connectivity index (χ2n) is 5.89. The summed E-state index contributed by atoms with van der Waals surface area (Å²) in [6.07, 6.45) is 3.23. The standard InChI is InChI=1S/C14H25NO3/c1-5-10-7-8-15(11(9-10)12(16)17)13(18)14(3,4)6-2/h10-11H,5-9H2,1-4H3,(H,16,17). The van der Waals surface area contributed by atoms with E-state index in [1.54, 1.807) is 4.90 Å². The third-order valence-electron chi connectivity index (χ3n) is 4.30. The topological polar surface area (TPSA) is 57.6 Å². The fraction of sp³-hybridized carbons (Fsp3) is 0.857. The summed E-state index contributed by atoms with van der Waals surface area (Å²) < 4.78 is 0. The first-order chi connectivity index (χ1) is 8.33. The second kappa shape index (κ2) is 5.72. The van der Waals surface area contributed by atoms with Gasteiger partial charge in [0.15, 0.2) is 0 Å². The van der Waals surface area contributed by atoms with E-state index in [1.807, 2.05) is 20.8 Å². The molecule has 1 amide bonds. The molecular weight excluding hydrogens is 230 g/mol. The second-order valence-corrected chi connectivity index (χ2v) is 5.89. The molecule has 104 valence electrons. The highest BCUT2D eigenvalue weighted by atomic mass is 16.4. The van der Waals surface area contributed by atoms with Crippen LogP contribution < -0.4 is 0 Å². The van der Waals surface area contributed by atoms with Gasteiger partial charge in [-0.1, -0.05) is 34.1 Å². The van der Waals surface area contributed by atoms with Gasteiger partial charge >= 0.3 is 5.97 Å². The van der Waals surface area contributed by atoms with Crippen LogP contribution in [0.15, 0.2) is 0 Å². The summed E-state index contributed by atoms with van der Waals surface area (Å²) in [6, 6.07) is -0.637. The molecule has 0 radical (unpaired) electrons. The van der Waals surface area contributed by atoms with Crippen LogP contribution in [0.3, 0.4) is 0 Å². The lowest BCUT2D eigenvalue weighted by Crippen LogP contribution is -2.53. The van der Waals surface area contributed by atoms with Gasteiger partial charge in [-0.05, 0) is 25.2 Å². The van der Waals surface area contributed by atoms with Crippen LogP contribution in [-0.2, 0) is 9.59 Å². The number of amides is 1. The Kier molecular flexibility index (Phi) is 4.77. The fourth-order valence-corrected chi connectivity index (χ4v) is 2.43. The molecule has 1 N–H and O–H groups in total. The molecule has 4 nitrogen and oxygen atoms in total. The van der Waals surface area contributed by atoms with Crippen molar-refractivity contribution in [1.82, 2.24) is 4.90 Å². The molecule has 0 bridgehead atoms. The zero-order valence-corrected chi connectivity index (χ0v) is 11.9. The van der Waals surface area contributed by atoms with Crippen LogP contribution in [0.25, 0.3) is 0 Å². The largest absolute Gasteiger partial charge is 0.480 e. The van der Waals surface area contributed by atoms with E-state index < -0.39 is 17.4 Å². The Labute approximate surface area is 109 Å². The van der Waals surface area contributed by atoms with E-state index in [0.29, 0.717) is 18.9 Å². The fourth-order valence-electron chi connectivity index (χ4n) is 2.43. The van der Waals surface area contributed by atoms with Gasteiger partial charge in [0.25, 0.3) is 0 Å². The van der Waals surface area contributed by atoms with Crippen LogP contribution in [-0.4, -0.2) is 34.5 Å². The lowest BCUT2D eigenvalue weighted by atomic mass is 9.84. The minimum Gasteiger partial charge on any atom is -0.480 e. The molecular formula is C14H25NO3. The number of carbonyl (C=O) groups excluding carboxylic acids is 1. The highest BCUT2D eigenvalue weighted by molar-refractivity contribution is 5.87. The van der Waals surface area contributed by atoms with E-state index in [4.69, 9.17) is 0 Å². The highest BCUT2D eigenvalue weighted by Crippen LogP contribution is 2.31. The molecule has 1 aliphatic heterocycles. The molecule has 1 saturated heterocycles. The SMILES string of the molecule is CCC1CCN(C(=O)C(C)(C)CC)C(C(=O)O)C1. The minimum absolute atomic E-state index is 0.0213. The Hall–Kier alpha value is -1.06. The van der Waals surface area contributed by atoms with Crippen molar-refractivity contribution in [1.29, 1.82) is 0 Å². The highest BCUT2D eigenvalue weighted by Gasteiger charge is 2.40. The molecule has 1 fully saturated rings. The summed E-state index contributed by atoms with van der Waals surface area (Å²) in [5.41, 5.74) is -0.466. The Balaban J connectivity index is 2.87. The van der Waals surface area contributed by atoms with Crippen molar-refractivity contribution in [2.75, 3.05) is 6.54 Å². The van der Waals surface area contributed by atoms with Gasteiger partial charge in [0.2, 0.25) is 5.91 Å². The molecule has 0 saturated carbocycles. The van der Waals surface area contributed by atoms with E-state index in [9.17, 15) is 14.7 Å². The Bertz CT molecular complexity index is 325. The van der Waals surface area contributed by atoms with Crippen molar-refractivity contribution < 1.29 is 14.7 Å². The summed E-state index contributed by atoms with van der Waals surface area (Å²) in [5.74, 6) is -0.458. The van der Waals surface area contributed by atoms with Gasteiger partial charge in [0.1, 0.15) is 6.04 Å². The van der Waals surface area contributed by atoms with Gasteiger partial charge in [-0.25, -0.2) is 4.79 Å². The molecule has 0 aromatic heterocycles. The number of nitrogens with zero attached hydrogens (tertiary/aromatic N) is 1. The van der Waals surface area contributed by atoms with Gasteiger partial charge in [0.05, 0.1) is 0 Å². The third-order valence-corrected chi connectivity index (χ3v) is 4.30. The average molecular weight is 255 g/mol. The van der Waals surface area contributed by atoms with Crippen LogP contribution in [0.1, 0.15) is 53.4 Å². The normalized spacial score (nSPS) is 25.0. The number of carbonyl (C=O) groups is 2. The quantitative estimate of drug-likeness (QED) is 0.839. The maximum absolute atomic E-state index is 12.4. The first kappa shape index (κ1) is 15.0. The average Bonchev–Trinajstić information content (AvgIpc) is 2.36. The molecule has 18 heavy (non-hydrogen) atoms. The summed E-state index contributed by atoms with van der Waals surface area (Å²) in [6.45, 7) is 8.40. The van der Waals surface area contributed by atoms with Crippen molar-refractivity contribution in [3.05, 3.63) is 0 Å². The predicted molar refractivity (Wildman–Crippen MR) is 70.2 cm³/mol. The molecule has 0 aromatic carbocycles. The predicted octanol–water partition coefficient (Wildman–Crippen LogP) is 2.52. The molecule has 1 rings (SSSR count). The number of rotatable bonds is 4. The van der Waals surface area contributed by atoms with Crippen LogP contribution in [0.2, 0.25) is 0 Å². The Morgan fingerprint density at radius 3 is 2.39 bits per heavy atom. The van der Waals surface area contributed by atoms with E-state index in [-0.39, 0.29) is 5.91 Å². The molecule has 2 atom stereocenters. The number of carboxylic acids is 1. The van der Waals surface area contributed by atoms with Gasteiger partial charge in [-0.15, -0.1) is 0 Å². The number of hydrogen-bond donors (Lipinski definition) is 1. The number of piperidine rings is 1. The molecule has 2 unspecified atom stereocenters. The first-order valence-corrected chi connectivity index (χ1v) is 6.87. The van der Waals surface area contributed by atoms with E-state index >= 15 is 0 Å². The van der Waals surface area contributed by atoms with Gasteiger partial charge < -0.3 is 10.0 Å². The van der Waals surface area contributed by atoms with E-state index in [2.05, 4.69) is 6.92 Å². The van der Waals surface area contributed by atoms with Crippen LogP contribution in [0.4, 0.5) is 0 Å². The van der Waals surface area contributed by atoms with Gasteiger partial charge in [-0.3, -0.25) is 4.79 Å². The molecule has 0 aliphatic carbocycles. The summed E-state index contributed by atoms with van der Waals surface area (Å²) >= 11 is 0. The van der Waals surface area contributed by atoms with Crippen LogP contribution in [0.5, 0.6) is 0 Å². The number of hydrogen-bond acceptors (Lipinski definition) is 2. The van der Waals surface area contributed by atoms with Crippen molar-refractivity contribution in [2.45, 2.75) is 59.4 Å². The summed E-state index contributed by atoms with van der Waals surface area (Å²) in [5, 5.41) is 9.32. The molecule has 1 aliphatic rings. The first-order valence-electron chi connectivity index (χ1n) is 6.87. The zero-order valence-electron chi connectivity index (χ0n) is 11.9. The minimum atomic E-state index is -0.867. The number of aliphatic carboxylic acids is 1. The zero-order chi connectivity index (χ0) is 13.9. The summed E-state index contributed by atoms with van der Waals surface area (Å²) in [7, 11) is 0. The maximum Gasteiger partial charge on any atom is 0.326 e. The van der Waals surface area contributed by atoms with Crippen LogP contribution >= 0.6 is 0 Å². The maximum atomic E-state index is 12.4. The van der Waals surface area contributed by atoms with Gasteiger partial charge in [0, 0.05) is 12.0 Å². The van der Waals surface area contributed by atoms with Crippen molar-refractivity contribution in [3.8, 4) is 0 Å². The molecule has 1 heterocycles. The smallest absolute Gasteiger partial charge is 0.326 e.